The standard InChI is InChI=1S/C25H14Cl2F3N5O2S/c26-16-11-15(2-3-17(16)29)33-21-7-8-31-20-5-4-19(34-24(20)21)13-9-22(25(27)32-12-13)35-38(36,37)23-6-1-14(28)10-18(23)30/h1-12,35H,(H,31,33). The first kappa shape index (κ1) is 25.7. The molecule has 0 radical (unpaired) electrons. The minimum Gasteiger partial charge on any atom is -0.354 e. The predicted octanol–water partition coefficient (Wildman–Crippen LogP) is 6.96. The summed E-state index contributed by atoms with van der Waals surface area (Å²) in [6.07, 6.45) is 2.96. The number of nitrogens with zero attached hydrogens (tertiary/aromatic N) is 3. The van der Waals surface area contributed by atoms with Crippen LogP contribution in [-0.2, 0) is 10.0 Å². The van der Waals surface area contributed by atoms with Crippen LogP contribution in [0.3, 0.4) is 0 Å². The van der Waals surface area contributed by atoms with Gasteiger partial charge < -0.3 is 5.32 Å². The SMILES string of the molecule is O=S(=O)(Nc1cc(-c2ccc3nccc(Nc4ccc(F)c(Cl)c4)c3n2)cnc1Cl)c1ccc(F)cc1F. The fraction of sp³-hybridized carbons (Fsp3) is 0. The Morgan fingerprint density at radius 1 is 0.816 bits per heavy atom. The molecule has 0 saturated heterocycles. The third-order valence-electron chi connectivity index (χ3n) is 5.35. The highest BCUT2D eigenvalue weighted by Crippen LogP contribution is 2.31. The Morgan fingerprint density at radius 2 is 1.63 bits per heavy atom. The number of hydrogen-bond donors (Lipinski definition) is 2. The Hall–Kier alpha value is -3.93. The number of anilines is 3. The maximum atomic E-state index is 14.1. The second kappa shape index (κ2) is 10.1. The van der Waals surface area contributed by atoms with Gasteiger partial charge in [-0.2, -0.15) is 0 Å². The average molecular weight is 576 g/mol. The highest BCUT2D eigenvalue weighted by molar-refractivity contribution is 7.92. The van der Waals surface area contributed by atoms with Gasteiger partial charge in [0.15, 0.2) is 5.15 Å². The van der Waals surface area contributed by atoms with E-state index < -0.39 is 32.4 Å². The van der Waals surface area contributed by atoms with Gasteiger partial charge >= 0.3 is 0 Å². The molecule has 0 fully saturated rings. The first-order chi connectivity index (χ1) is 18.1. The van der Waals surface area contributed by atoms with Crippen molar-refractivity contribution < 1.29 is 21.6 Å². The van der Waals surface area contributed by atoms with E-state index in [4.69, 9.17) is 23.2 Å². The van der Waals surface area contributed by atoms with Crippen LogP contribution in [0, 0.1) is 17.5 Å². The van der Waals surface area contributed by atoms with Gasteiger partial charge in [0, 0.05) is 29.7 Å². The van der Waals surface area contributed by atoms with Gasteiger partial charge in [0.2, 0.25) is 0 Å². The van der Waals surface area contributed by atoms with E-state index in [1.807, 2.05) is 0 Å². The number of aromatic nitrogens is 3. The average Bonchev–Trinajstić information content (AvgIpc) is 2.87. The van der Waals surface area contributed by atoms with Crippen molar-refractivity contribution in [3.05, 3.63) is 101 Å². The molecule has 0 bridgehead atoms. The Bertz CT molecular complexity index is 1820. The van der Waals surface area contributed by atoms with E-state index in [1.54, 1.807) is 24.4 Å². The van der Waals surface area contributed by atoms with Gasteiger partial charge in [-0.15, -0.1) is 0 Å². The van der Waals surface area contributed by atoms with Crippen molar-refractivity contribution in [3.63, 3.8) is 0 Å². The van der Waals surface area contributed by atoms with Crippen molar-refractivity contribution in [1.82, 2.24) is 15.0 Å². The van der Waals surface area contributed by atoms with Crippen molar-refractivity contribution in [2.45, 2.75) is 4.90 Å². The molecule has 0 aliphatic heterocycles. The van der Waals surface area contributed by atoms with Crippen LogP contribution in [-0.4, -0.2) is 23.4 Å². The topological polar surface area (TPSA) is 96.9 Å². The van der Waals surface area contributed by atoms with Crippen molar-refractivity contribution in [2.24, 2.45) is 0 Å². The molecule has 3 heterocycles. The van der Waals surface area contributed by atoms with Crippen molar-refractivity contribution >= 4 is 61.3 Å². The number of fused-ring (bicyclic) bond motifs is 1. The summed E-state index contributed by atoms with van der Waals surface area (Å²) in [5.41, 5.74) is 2.71. The number of halogens is 5. The lowest BCUT2D eigenvalue weighted by Crippen LogP contribution is -2.15. The summed E-state index contributed by atoms with van der Waals surface area (Å²) < 4.78 is 68.6. The summed E-state index contributed by atoms with van der Waals surface area (Å²) >= 11 is 12.0. The van der Waals surface area contributed by atoms with Crippen LogP contribution in [0.2, 0.25) is 10.2 Å². The smallest absolute Gasteiger partial charge is 0.264 e. The molecular weight excluding hydrogens is 562 g/mol. The Labute approximate surface area is 224 Å². The van der Waals surface area contributed by atoms with Crippen LogP contribution in [0.4, 0.5) is 30.2 Å². The zero-order valence-electron chi connectivity index (χ0n) is 18.9. The van der Waals surface area contributed by atoms with Gasteiger partial charge in [-0.3, -0.25) is 9.71 Å². The Kier molecular flexibility index (Phi) is 6.82. The second-order valence-corrected chi connectivity index (χ2v) is 10.3. The van der Waals surface area contributed by atoms with Crippen molar-refractivity contribution in [3.8, 4) is 11.3 Å². The molecule has 3 aromatic heterocycles. The highest BCUT2D eigenvalue weighted by Gasteiger charge is 2.22. The molecule has 0 amide bonds. The maximum absolute atomic E-state index is 14.1. The van der Waals surface area contributed by atoms with Crippen LogP contribution >= 0.6 is 23.2 Å². The quantitative estimate of drug-likeness (QED) is 0.212. The molecule has 5 aromatic rings. The number of nitrogens with one attached hydrogen (secondary N) is 2. The summed E-state index contributed by atoms with van der Waals surface area (Å²) in [5.74, 6) is -2.73. The molecule has 0 saturated carbocycles. The van der Waals surface area contributed by atoms with Crippen LogP contribution in [0.25, 0.3) is 22.3 Å². The van der Waals surface area contributed by atoms with Crippen molar-refractivity contribution in [2.75, 3.05) is 10.0 Å². The van der Waals surface area contributed by atoms with E-state index >= 15 is 0 Å². The molecule has 0 aliphatic carbocycles. The summed E-state index contributed by atoms with van der Waals surface area (Å²) in [6, 6.07) is 12.7. The lowest BCUT2D eigenvalue weighted by atomic mass is 10.1. The molecule has 5 rings (SSSR count). The van der Waals surface area contributed by atoms with Crippen LogP contribution in [0.5, 0.6) is 0 Å². The first-order valence-electron chi connectivity index (χ1n) is 10.7. The maximum Gasteiger partial charge on any atom is 0.264 e. The van der Waals surface area contributed by atoms with E-state index in [9.17, 15) is 21.6 Å². The predicted molar refractivity (Wildman–Crippen MR) is 140 cm³/mol. The Balaban J connectivity index is 1.51. The van der Waals surface area contributed by atoms with Crippen LogP contribution < -0.4 is 10.0 Å². The Morgan fingerprint density at radius 3 is 2.39 bits per heavy atom. The molecule has 2 N–H and O–H groups in total. The number of benzene rings is 2. The molecule has 7 nitrogen and oxygen atoms in total. The number of rotatable bonds is 6. The molecule has 0 unspecified atom stereocenters. The number of hydrogen-bond acceptors (Lipinski definition) is 6. The number of sulfonamides is 1. The van der Waals surface area contributed by atoms with Gasteiger partial charge in [0.1, 0.15) is 27.9 Å². The van der Waals surface area contributed by atoms with Crippen LogP contribution in [0.15, 0.2) is 78.0 Å². The number of pyridine rings is 3. The van der Waals surface area contributed by atoms with E-state index in [2.05, 4.69) is 25.0 Å². The van der Waals surface area contributed by atoms with Gasteiger partial charge in [-0.1, -0.05) is 23.2 Å². The zero-order valence-corrected chi connectivity index (χ0v) is 21.2. The third-order valence-corrected chi connectivity index (χ3v) is 7.33. The minimum atomic E-state index is -4.46. The normalized spacial score (nSPS) is 11.5. The fourth-order valence-corrected chi connectivity index (χ4v) is 5.07. The van der Waals surface area contributed by atoms with E-state index in [0.717, 1.165) is 12.1 Å². The fourth-order valence-electron chi connectivity index (χ4n) is 3.57. The van der Waals surface area contributed by atoms with Gasteiger partial charge in [0.05, 0.1) is 27.6 Å². The lowest BCUT2D eigenvalue weighted by Gasteiger charge is -2.13. The van der Waals surface area contributed by atoms with E-state index in [-0.39, 0.29) is 15.9 Å². The van der Waals surface area contributed by atoms with E-state index in [1.165, 1.54) is 30.5 Å². The third kappa shape index (κ3) is 5.21. The summed E-state index contributed by atoms with van der Waals surface area (Å²) in [6.45, 7) is 0. The molecule has 0 spiro atoms. The largest absolute Gasteiger partial charge is 0.354 e. The molecule has 13 heteroatoms. The van der Waals surface area contributed by atoms with E-state index in [0.29, 0.717) is 39.7 Å². The molecule has 38 heavy (non-hydrogen) atoms. The van der Waals surface area contributed by atoms with Crippen LogP contribution in [0.1, 0.15) is 0 Å². The van der Waals surface area contributed by atoms with Crippen molar-refractivity contribution in [1.29, 1.82) is 0 Å². The second-order valence-electron chi connectivity index (χ2n) is 7.92. The first-order valence-corrected chi connectivity index (χ1v) is 13.0. The molecule has 192 valence electrons. The monoisotopic (exact) mass is 575 g/mol. The lowest BCUT2D eigenvalue weighted by molar-refractivity contribution is 0.551. The summed E-state index contributed by atoms with van der Waals surface area (Å²) in [5, 5.41) is 2.88. The molecular formula is C25H14Cl2F3N5O2S. The minimum absolute atomic E-state index is 0.0512. The summed E-state index contributed by atoms with van der Waals surface area (Å²) in [4.78, 5) is 12.2. The van der Waals surface area contributed by atoms with Gasteiger partial charge in [-0.25, -0.2) is 31.6 Å². The molecule has 0 atom stereocenters. The zero-order chi connectivity index (χ0) is 27.0. The summed E-state index contributed by atoms with van der Waals surface area (Å²) in [7, 11) is -4.46. The molecule has 2 aromatic carbocycles. The molecule has 0 aliphatic rings. The highest BCUT2D eigenvalue weighted by atomic mass is 35.5. The van der Waals surface area contributed by atoms with Gasteiger partial charge in [-0.05, 0) is 54.6 Å². The van der Waals surface area contributed by atoms with Gasteiger partial charge in [0.25, 0.3) is 10.0 Å².